The summed E-state index contributed by atoms with van der Waals surface area (Å²) in [4.78, 5) is 7.47. The Labute approximate surface area is 85.0 Å². The van der Waals surface area contributed by atoms with Crippen molar-refractivity contribution in [2.24, 2.45) is 0 Å². The molecule has 3 heterocycles. The number of aromatic nitrogens is 3. The lowest BCUT2D eigenvalue weighted by molar-refractivity contribution is -0.483. The molecule has 3 rings (SSSR count). The van der Waals surface area contributed by atoms with Gasteiger partial charge in [-0.15, -0.1) is 0 Å². The second kappa shape index (κ2) is 2.93. The molecule has 3 aromatic heterocycles. The summed E-state index contributed by atoms with van der Waals surface area (Å²) in [5.41, 5.74) is 4.72. The van der Waals surface area contributed by atoms with Crippen LogP contribution in [0.25, 0.3) is 16.8 Å². The fourth-order valence-corrected chi connectivity index (χ4v) is 1.66. The maximum atomic E-state index is 8.77. The summed E-state index contributed by atoms with van der Waals surface area (Å²) in [7, 11) is 0. The summed E-state index contributed by atoms with van der Waals surface area (Å²) in [6.45, 7) is 0. The molecule has 5 heteroatoms. The number of anilines is 1. The highest BCUT2D eigenvalue weighted by Gasteiger charge is 2.12. The summed E-state index contributed by atoms with van der Waals surface area (Å²) >= 11 is 0. The maximum absolute atomic E-state index is 8.77. The molecule has 0 atom stereocenters. The van der Waals surface area contributed by atoms with E-state index in [2.05, 4.69) is 9.97 Å². The number of hydrogen-bond acceptors (Lipinski definition) is 3. The number of hydrogen-bond donors (Lipinski definition) is 3. The standard InChI is InChI=1S/C10H8N4O/c15-13-8-5-4-7-10(12-8)14-6-2-1-3-9(14)11-7/h1-6H,(H2,12,13,15)/p+1. The third-order valence-electron chi connectivity index (χ3n) is 2.34. The van der Waals surface area contributed by atoms with Crippen molar-refractivity contribution in [1.82, 2.24) is 9.97 Å². The van der Waals surface area contributed by atoms with E-state index in [1.165, 1.54) is 0 Å². The molecule has 3 N–H and O–H groups in total. The molecule has 0 radical (unpaired) electrons. The molecule has 0 aliphatic carbocycles. The molecule has 5 nitrogen and oxygen atoms in total. The molecule has 0 aliphatic rings. The Kier molecular flexibility index (Phi) is 1.60. The Morgan fingerprint density at radius 2 is 2.20 bits per heavy atom. The number of imidazole rings is 1. The number of pyridine rings is 2. The Balaban J connectivity index is 2.46. The van der Waals surface area contributed by atoms with Gasteiger partial charge < -0.3 is 0 Å². The predicted octanol–water partition coefficient (Wildman–Crippen LogP) is 1.10. The fraction of sp³-hybridized carbons (Fsp3) is 0. The quantitative estimate of drug-likeness (QED) is 0.408. The predicted molar refractivity (Wildman–Crippen MR) is 54.7 cm³/mol. The van der Waals surface area contributed by atoms with Crippen LogP contribution in [0, 0.1) is 0 Å². The summed E-state index contributed by atoms with van der Waals surface area (Å²) in [5, 5.41) is 8.77. The van der Waals surface area contributed by atoms with Crippen LogP contribution in [0.3, 0.4) is 0 Å². The van der Waals surface area contributed by atoms with E-state index in [9.17, 15) is 0 Å². The molecule has 0 saturated heterocycles. The molecule has 74 valence electrons. The largest absolute Gasteiger partial charge is 0.308 e. The van der Waals surface area contributed by atoms with Crippen molar-refractivity contribution in [1.29, 1.82) is 0 Å². The van der Waals surface area contributed by atoms with Gasteiger partial charge in [0, 0.05) is 12.1 Å². The van der Waals surface area contributed by atoms with E-state index < -0.39 is 0 Å². The van der Waals surface area contributed by atoms with Crippen molar-refractivity contribution in [3.05, 3.63) is 36.5 Å². The molecule has 0 aromatic carbocycles. The normalized spacial score (nSPS) is 11.0. The van der Waals surface area contributed by atoms with Crippen LogP contribution in [0.5, 0.6) is 0 Å². The van der Waals surface area contributed by atoms with Gasteiger partial charge in [-0.3, -0.25) is 10.2 Å². The lowest BCUT2D eigenvalue weighted by Crippen LogP contribution is -2.19. The Morgan fingerprint density at radius 1 is 1.27 bits per heavy atom. The number of aromatic amines is 1. The molecule has 0 unspecified atom stereocenters. The van der Waals surface area contributed by atoms with Gasteiger partial charge in [0.2, 0.25) is 11.5 Å². The maximum Gasteiger partial charge on any atom is 0.308 e. The molecule has 15 heavy (non-hydrogen) atoms. The first-order valence-corrected chi connectivity index (χ1v) is 4.58. The Bertz CT molecular complexity index is 631. The van der Waals surface area contributed by atoms with Crippen LogP contribution in [0.4, 0.5) is 5.82 Å². The molecule has 0 aliphatic heterocycles. The first-order chi connectivity index (χ1) is 7.38. The van der Waals surface area contributed by atoms with Gasteiger partial charge >= 0.3 is 5.65 Å². The van der Waals surface area contributed by atoms with E-state index in [-0.39, 0.29) is 0 Å². The number of nitrogens with zero attached hydrogens (tertiary/aromatic N) is 2. The number of H-pyrrole nitrogens is 1. The van der Waals surface area contributed by atoms with Crippen LogP contribution in [0.2, 0.25) is 0 Å². The minimum absolute atomic E-state index is 0.430. The van der Waals surface area contributed by atoms with Crippen LogP contribution >= 0.6 is 0 Å². The van der Waals surface area contributed by atoms with Crippen molar-refractivity contribution >= 4 is 22.6 Å². The zero-order valence-electron chi connectivity index (χ0n) is 7.81. The monoisotopic (exact) mass is 201 g/mol. The average Bonchev–Trinajstić information content (AvgIpc) is 2.66. The SMILES string of the molecule is ONc1ccc2[nH]c3cccc[n+]3c2n1. The first kappa shape index (κ1) is 8.19. The number of fused-ring (bicyclic) bond motifs is 3. The molecule has 3 aromatic rings. The van der Waals surface area contributed by atoms with Gasteiger partial charge in [-0.25, -0.2) is 5.48 Å². The second-order valence-corrected chi connectivity index (χ2v) is 3.26. The fourth-order valence-electron chi connectivity index (χ4n) is 1.66. The van der Waals surface area contributed by atoms with E-state index in [0.717, 1.165) is 16.8 Å². The van der Waals surface area contributed by atoms with Crippen molar-refractivity contribution in [3.63, 3.8) is 0 Å². The highest BCUT2D eigenvalue weighted by Crippen LogP contribution is 2.11. The van der Waals surface area contributed by atoms with Crippen LogP contribution in [0.1, 0.15) is 0 Å². The minimum Gasteiger partial charge on any atom is -0.289 e. The van der Waals surface area contributed by atoms with Gasteiger partial charge in [0.25, 0.3) is 0 Å². The third-order valence-corrected chi connectivity index (χ3v) is 2.34. The summed E-state index contributed by atoms with van der Waals surface area (Å²) in [5.74, 6) is 0.430. The van der Waals surface area contributed by atoms with E-state index in [0.29, 0.717) is 5.82 Å². The van der Waals surface area contributed by atoms with Crippen molar-refractivity contribution in [2.75, 3.05) is 5.48 Å². The molecular formula is C10H9N4O+. The molecule has 0 spiro atoms. The van der Waals surface area contributed by atoms with E-state index >= 15 is 0 Å². The average molecular weight is 201 g/mol. The minimum atomic E-state index is 0.430. The molecule has 0 bridgehead atoms. The molecule has 0 saturated carbocycles. The van der Waals surface area contributed by atoms with Gasteiger partial charge in [0.15, 0.2) is 5.52 Å². The summed E-state index contributed by atoms with van der Waals surface area (Å²) < 4.78 is 1.93. The molecule has 0 amide bonds. The van der Waals surface area contributed by atoms with Gasteiger partial charge in [-0.1, -0.05) is 11.1 Å². The Hall–Kier alpha value is -2.14. The number of rotatable bonds is 1. The van der Waals surface area contributed by atoms with Crippen LogP contribution in [-0.4, -0.2) is 15.2 Å². The summed E-state index contributed by atoms with van der Waals surface area (Å²) in [6.07, 6.45) is 1.92. The zero-order valence-corrected chi connectivity index (χ0v) is 7.81. The molecule has 0 fully saturated rings. The van der Waals surface area contributed by atoms with Gasteiger partial charge in [0.1, 0.15) is 0 Å². The smallest absolute Gasteiger partial charge is 0.289 e. The summed E-state index contributed by atoms with van der Waals surface area (Å²) in [6, 6.07) is 9.43. The topological polar surface area (TPSA) is 65.0 Å². The van der Waals surface area contributed by atoms with Crippen molar-refractivity contribution in [3.8, 4) is 0 Å². The van der Waals surface area contributed by atoms with Crippen LogP contribution < -0.4 is 9.88 Å². The second-order valence-electron chi connectivity index (χ2n) is 3.26. The van der Waals surface area contributed by atoms with E-state index in [1.54, 1.807) is 6.07 Å². The first-order valence-electron chi connectivity index (χ1n) is 4.58. The van der Waals surface area contributed by atoms with Crippen LogP contribution in [-0.2, 0) is 0 Å². The zero-order chi connectivity index (χ0) is 10.3. The third kappa shape index (κ3) is 1.14. The van der Waals surface area contributed by atoms with E-state index in [4.69, 9.17) is 5.21 Å². The highest BCUT2D eigenvalue weighted by molar-refractivity contribution is 5.72. The van der Waals surface area contributed by atoms with Gasteiger partial charge in [0.05, 0.1) is 6.20 Å². The highest BCUT2D eigenvalue weighted by atomic mass is 16.5. The van der Waals surface area contributed by atoms with Crippen molar-refractivity contribution < 1.29 is 9.61 Å². The Morgan fingerprint density at radius 3 is 3.07 bits per heavy atom. The lowest BCUT2D eigenvalue weighted by atomic mass is 10.4. The van der Waals surface area contributed by atoms with Crippen LogP contribution in [0.15, 0.2) is 36.5 Å². The lowest BCUT2D eigenvalue weighted by Gasteiger charge is -1.90. The van der Waals surface area contributed by atoms with Gasteiger partial charge in [-0.05, 0) is 12.1 Å². The van der Waals surface area contributed by atoms with Gasteiger partial charge in [-0.2, -0.15) is 4.40 Å². The number of nitrogens with one attached hydrogen (secondary N) is 2. The molecular weight excluding hydrogens is 192 g/mol. The van der Waals surface area contributed by atoms with Crippen molar-refractivity contribution in [2.45, 2.75) is 0 Å². The van der Waals surface area contributed by atoms with E-state index in [1.807, 2.05) is 40.3 Å².